The molecule has 2 nitrogen and oxygen atoms in total. The van der Waals surface area contributed by atoms with Gasteiger partial charge in [-0.2, -0.15) is 0 Å². The highest BCUT2D eigenvalue weighted by Crippen LogP contribution is 2.41. The fraction of sp³-hybridized carbons (Fsp3) is 0.462. The van der Waals surface area contributed by atoms with Crippen molar-refractivity contribution in [2.75, 3.05) is 6.54 Å². The summed E-state index contributed by atoms with van der Waals surface area (Å²) in [5.74, 6) is -1.76. The van der Waals surface area contributed by atoms with E-state index < -0.39 is 17.0 Å². The lowest BCUT2D eigenvalue weighted by atomic mass is 9.65. The van der Waals surface area contributed by atoms with Crippen molar-refractivity contribution in [1.29, 1.82) is 0 Å². The maximum atomic E-state index is 13.0. The van der Waals surface area contributed by atoms with E-state index >= 15 is 0 Å². The second kappa shape index (κ2) is 4.53. The highest BCUT2D eigenvalue weighted by atomic mass is 19.2. The Hall–Kier alpha value is -1.29. The molecule has 0 amide bonds. The van der Waals surface area contributed by atoms with E-state index in [2.05, 4.69) is 0 Å². The molecular formula is C13H15F2NO. The molecule has 0 spiro atoms. The average molecular weight is 239 g/mol. The molecular weight excluding hydrogens is 224 g/mol. The van der Waals surface area contributed by atoms with E-state index in [9.17, 15) is 13.6 Å². The molecule has 1 aromatic rings. The molecule has 1 aliphatic carbocycles. The largest absolute Gasteiger partial charge is 0.329 e. The molecule has 4 heteroatoms. The molecule has 2 N–H and O–H groups in total. The Morgan fingerprint density at radius 2 is 2.00 bits per heavy atom. The third kappa shape index (κ3) is 2.22. The zero-order valence-corrected chi connectivity index (χ0v) is 9.51. The summed E-state index contributed by atoms with van der Waals surface area (Å²) in [6.45, 7) is 0.343. The molecule has 1 aliphatic rings. The molecule has 17 heavy (non-hydrogen) atoms. The van der Waals surface area contributed by atoms with Crippen LogP contribution in [0.25, 0.3) is 0 Å². The maximum Gasteiger partial charge on any atom is 0.159 e. The highest BCUT2D eigenvalue weighted by molar-refractivity contribution is 5.87. The summed E-state index contributed by atoms with van der Waals surface area (Å²) in [7, 11) is 0. The fourth-order valence-electron chi connectivity index (χ4n) is 2.22. The molecule has 0 radical (unpaired) electrons. The molecule has 0 aliphatic heterocycles. The Kier molecular flexibility index (Phi) is 3.24. The Bertz CT molecular complexity index is 436. The van der Waals surface area contributed by atoms with Gasteiger partial charge >= 0.3 is 0 Å². The summed E-state index contributed by atoms with van der Waals surface area (Å²) >= 11 is 0. The minimum absolute atomic E-state index is 0.0391. The number of carbonyl (C=O) groups is 1. The van der Waals surface area contributed by atoms with Crippen molar-refractivity contribution < 1.29 is 13.6 Å². The summed E-state index contributed by atoms with van der Waals surface area (Å²) in [6.07, 6.45) is 2.77. The first-order valence-corrected chi connectivity index (χ1v) is 5.75. The number of hydrogen-bond acceptors (Lipinski definition) is 2. The van der Waals surface area contributed by atoms with E-state index in [0.29, 0.717) is 12.1 Å². The van der Waals surface area contributed by atoms with Gasteiger partial charge in [0.1, 0.15) is 5.78 Å². The number of benzene rings is 1. The first-order valence-electron chi connectivity index (χ1n) is 5.75. The van der Waals surface area contributed by atoms with Crippen LogP contribution >= 0.6 is 0 Å². The van der Waals surface area contributed by atoms with E-state index in [-0.39, 0.29) is 12.2 Å². The quantitative estimate of drug-likeness (QED) is 0.875. The number of hydrogen-bond donors (Lipinski definition) is 1. The lowest BCUT2D eigenvalue weighted by Crippen LogP contribution is -2.45. The molecule has 1 saturated carbocycles. The van der Waals surface area contributed by atoms with Gasteiger partial charge in [-0.1, -0.05) is 12.5 Å². The lowest BCUT2D eigenvalue weighted by molar-refractivity contribution is -0.132. The minimum Gasteiger partial charge on any atom is -0.329 e. The van der Waals surface area contributed by atoms with Crippen LogP contribution in [0.4, 0.5) is 8.78 Å². The number of carbonyl (C=O) groups excluding carboxylic acids is 1. The van der Waals surface area contributed by atoms with Crippen molar-refractivity contribution >= 4 is 5.78 Å². The molecule has 1 aromatic carbocycles. The zero-order valence-electron chi connectivity index (χ0n) is 9.51. The van der Waals surface area contributed by atoms with Gasteiger partial charge in [0, 0.05) is 18.4 Å². The number of ketones is 1. The Labute approximate surface area is 98.8 Å². The zero-order chi connectivity index (χ0) is 12.5. The monoisotopic (exact) mass is 239 g/mol. The van der Waals surface area contributed by atoms with E-state index in [1.165, 1.54) is 6.07 Å². The number of halogens is 2. The van der Waals surface area contributed by atoms with Gasteiger partial charge in [-0.25, -0.2) is 8.78 Å². The second-order valence-corrected chi connectivity index (χ2v) is 4.69. The normalized spacial score (nSPS) is 17.6. The molecule has 0 saturated heterocycles. The van der Waals surface area contributed by atoms with Gasteiger partial charge in [-0.15, -0.1) is 0 Å². The van der Waals surface area contributed by atoms with Crippen molar-refractivity contribution in [2.45, 2.75) is 25.7 Å². The minimum atomic E-state index is -0.911. The van der Waals surface area contributed by atoms with Gasteiger partial charge in [-0.3, -0.25) is 4.79 Å². The van der Waals surface area contributed by atoms with Crippen LogP contribution in [0.5, 0.6) is 0 Å². The predicted octanol–water partition coefficient (Wildman–Crippen LogP) is 2.21. The van der Waals surface area contributed by atoms with Crippen molar-refractivity contribution in [3.8, 4) is 0 Å². The standard InChI is InChI=1S/C13H15F2NO/c14-10-3-2-9(6-11(10)15)7-12(17)13(8-16)4-1-5-13/h2-3,6H,1,4-5,7-8,16H2. The predicted molar refractivity (Wildman–Crippen MR) is 60.4 cm³/mol. The topological polar surface area (TPSA) is 43.1 Å². The van der Waals surface area contributed by atoms with E-state index in [0.717, 1.165) is 31.4 Å². The fourth-order valence-corrected chi connectivity index (χ4v) is 2.22. The highest BCUT2D eigenvalue weighted by Gasteiger charge is 2.41. The molecule has 0 atom stereocenters. The van der Waals surface area contributed by atoms with Gasteiger partial charge in [0.2, 0.25) is 0 Å². The summed E-state index contributed by atoms with van der Waals surface area (Å²) in [5, 5.41) is 0. The van der Waals surface area contributed by atoms with E-state index in [1.807, 2.05) is 0 Å². The van der Waals surface area contributed by atoms with E-state index in [1.54, 1.807) is 0 Å². The molecule has 2 rings (SSSR count). The SMILES string of the molecule is NCC1(C(=O)Cc2ccc(F)c(F)c2)CCC1. The molecule has 92 valence electrons. The Morgan fingerprint density at radius 3 is 2.47 bits per heavy atom. The van der Waals surface area contributed by atoms with Crippen molar-refractivity contribution in [3.05, 3.63) is 35.4 Å². The van der Waals surface area contributed by atoms with Gasteiger partial charge in [0.15, 0.2) is 11.6 Å². The van der Waals surface area contributed by atoms with Crippen LogP contribution in [0, 0.1) is 17.0 Å². The van der Waals surface area contributed by atoms with Crippen LogP contribution in [0.1, 0.15) is 24.8 Å². The Balaban J connectivity index is 2.10. The molecule has 0 heterocycles. The number of rotatable bonds is 4. The summed E-state index contributed by atoms with van der Waals surface area (Å²) < 4.78 is 25.7. The van der Waals surface area contributed by atoms with Gasteiger partial charge in [0.25, 0.3) is 0 Å². The first kappa shape index (κ1) is 12.2. The summed E-state index contributed by atoms with van der Waals surface area (Å²) in [5.41, 5.74) is 5.72. The molecule has 1 fully saturated rings. The van der Waals surface area contributed by atoms with Crippen LogP contribution < -0.4 is 5.73 Å². The number of nitrogens with two attached hydrogens (primary N) is 1. The summed E-state index contributed by atoms with van der Waals surface area (Å²) in [6, 6.07) is 3.57. The van der Waals surface area contributed by atoms with Crippen LogP contribution in [-0.4, -0.2) is 12.3 Å². The van der Waals surface area contributed by atoms with Crippen molar-refractivity contribution in [3.63, 3.8) is 0 Å². The van der Waals surface area contributed by atoms with Crippen LogP contribution in [0.2, 0.25) is 0 Å². The van der Waals surface area contributed by atoms with Crippen LogP contribution in [0.3, 0.4) is 0 Å². The first-order chi connectivity index (χ1) is 8.07. The third-order valence-corrected chi connectivity index (χ3v) is 3.64. The molecule has 0 unspecified atom stereocenters. The Morgan fingerprint density at radius 1 is 1.29 bits per heavy atom. The summed E-state index contributed by atoms with van der Waals surface area (Å²) in [4.78, 5) is 12.0. The molecule has 0 bridgehead atoms. The van der Waals surface area contributed by atoms with Crippen LogP contribution in [0.15, 0.2) is 18.2 Å². The van der Waals surface area contributed by atoms with Gasteiger partial charge in [-0.05, 0) is 30.5 Å². The van der Waals surface area contributed by atoms with Crippen LogP contribution in [-0.2, 0) is 11.2 Å². The number of Topliss-reactive ketones (excluding diaryl/α,β-unsaturated/α-hetero) is 1. The van der Waals surface area contributed by atoms with Crippen molar-refractivity contribution in [2.24, 2.45) is 11.1 Å². The average Bonchev–Trinajstić information content (AvgIpc) is 2.23. The lowest BCUT2D eigenvalue weighted by Gasteiger charge is -2.39. The smallest absolute Gasteiger partial charge is 0.159 e. The van der Waals surface area contributed by atoms with Crippen molar-refractivity contribution in [1.82, 2.24) is 0 Å². The maximum absolute atomic E-state index is 13.0. The second-order valence-electron chi connectivity index (χ2n) is 4.69. The van der Waals surface area contributed by atoms with E-state index in [4.69, 9.17) is 5.73 Å². The third-order valence-electron chi connectivity index (χ3n) is 3.64. The van der Waals surface area contributed by atoms with Gasteiger partial charge in [0.05, 0.1) is 0 Å². The molecule has 0 aromatic heterocycles. The van der Waals surface area contributed by atoms with Gasteiger partial charge < -0.3 is 5.73 Å².